The van der Waals surface area contributed by atoms with E-state index in [-0.39, 0.29) is 5.54 Å². The predicted molar refractivity (Wildman–Crippen MR) is 68.8 cm³/mol. The molecule has 2 atom stereocenters. The van der Waals surface area contributed by atoms with Gasteiger partial charge in [0.15, 0.2) is 0 Å². The molecule has 1 aliphatic heterocycles. The minimum atomic E-state index is 0.191. The molecule has 1 rings (SSSR count). The van der Waals surface area contributed by atoms with Crippen molar-refractivity contribution in [2.45, 2.75) is 45.7 Å². The summed E-state index contributed by atoms with van der Waals surface area (Å²) in [5.41, 5.74) is 0.191. The zero-order valence-electron chi connectivity index (χ0n) is 11.5. The van der Waals surface area contributed by atoms with Crippen LogP contribution in [-0.4, -0.2) is 49.8 Å². The molecule has 0 radical (unpaired) electrons. The molecule has 0 aromatic carbocycles. The number of ether oxygens (including phenoxy) is 1. The van der Waals surface area contributed by atoms with Gasteiger partial charge in [-0.3, -0.25) is 4.90 Å². The number of rotatable bonds is 6. The second kappa shape index (κ2) is 5.99. The maximum absolute atomic E-state index is 5.52. The van der Waals surface area contributed by atoms with Crippen LogP contribution in [0.5, 0.6) is 0 Å². The summed E-state index contributed by atoms with van der Waals surface area (Å²) in [6, 6.07) is 0.509. The third kappa shape index (κ3) is 2.76. The highest BCUT2D eigenvalue weighted by molar-refractivity contribution is 4.97. The fourth-order valence-corrected chi connectivity index (χ4v) is 3.22. The SMILES string of the molecule is CCN(CC)C(C)(C)C(NC)C1CCOC1. The van der Waals surface area contributed by atoms with Crippen LogP contribution in [0.3, 0.4) is 0 Å². The van der Waals surface area contributed by atoms with Crippen LogP contribution in [-0.2, 0) is 4.74 Å². The molecule has 0 spiro atoms. The lowest BCUT2D eigenvalue weighted by molar-refractivity contribution is 0.0629. The Morgan fingerprint density at radius 3 is 2.38 bits per heavy atom. The Morgan fingerprint density at radius 1 is 1.38 bits per heavy atom. The van der Waals surface area contributed by atoms with Crippen LogP contribution in [0.1, 0.15) is 34.1 Å². The van der Waals surface area contributed by atoms with Crippen LogP contribution in [0.2, 0.25) is 0 Å². The highest BCUT2D eigenvalue weighted by Crippen LogP contribution is 2.28. The summed E-state index contributed by atoms with van der Waals surface area (Å²) in [4.78, 5) is 2.53. The first kappa shape index (κ1) is 13.9. The van der Waals surface area contributed by atoms with E-state index >= 15 is 0 Å². The maximum Gasteiger partial charge on any atom is 0.0510 e. The lowest BCUT2D eigenvalue weighted by atomic mass is 9.82. The van der Waals surface area contributed by atoms with Gasteiger partial charge in [0.1, 0.15) is 0 Å². The van der Waals surface area contributed by atoms with E-state index in [4.69, 9.17) is 4.74 Å². The third-order valence-electron chi connectivity index (χ3n) is 4.09. The van der Waals surface area contributed by atoms with Gasteiger partial charge in [-0.15, -0.1) is 0 Å². The maximum atomic E-state index is 5.52. The normalized spacial score (nSPS) is 24.0. The fraction of sp³-hybridized carbons (Fsp3) is 1.00. The Balaban J connectivity index is 2.75. The van der Waals surface area contributed by atoms with Gasteiger partial charge in [-0.2, -0.15) is 0 Å². The van der Waals surface area contributed by atoms with Crippen molar-refractivity contribution >= 4 is 0 Å². The quantitative estimate of drug-likeness (QED) is 0.749. The van der Waals surface area contributed by atoms with Gasteiger partial charge < -0.3 is 10.1 Å². The average Bonchev–Trinajstić information content (AvgIpc) is 2.73. The van der Waals surface area contributed by atoms with E-state index in [2.05, 4.69) is 45.0 Å². The van der Waals surface area contributed by atoms with Crippen molar-refractivity contribution in [2.75, 3.05) is 33.4 Å². The number of nitrogens with one attached hydrogen (secondary N) is 1. The molecule has 1 aliphatic rings. The van der Waals surface area contributed by atoms with E-state index < -0.39 is 0 Å². The summed E-state index contributed by atoms with van der Waals surface area (Å²) >= 11 is 0. The molecule has 0 aliphatic carbocycles. The Morgan fingerprint density at radius 2 is 2.00 bits per heavy atom. The van der Waals surface area contributed by atoms with Crippen LogP contribution in [0, 0.1) is 5.92 Å². The molecule has 3 heteroatoms. The van der Waals surface area contributed by atoms with Crippen molar-refractivity contribution in [2.24, 2.45) is 5.92 Å². The van der Waals surface area contributed by atoms with Gasteiger partial charge in [-0.25, -0.2) is 0 Å². The van der Waals surface area contributed by atoms with Crippen LogP contribution in [0.4, 0.5) is 0 Å². The van der Waals surface area contributed by atoms with E-state index in [1.165, 1.54) is 6.42 Å². The third-order valence-corrected chi connectivity index (χ3v) is 4.09. The molecule has 1 heterocycles. The summed E-state index contributed by atoms with van der Waals surface area (Å²) in [7, 11) is 2.08. The Bertz CT molecular complexity index is 196. The van der Waals surface area contributed by atoms with Crippen molar-refractivity contribution in [3.63, 3.8) is 0 Å². The first-order valence-electron chi connectivity index (χ1n) is 6.57. The van der Waals surface area contributed by atoms with Gasteiger partial charge in [0.25, 0.3) is 0 Å². The summed E-state index contributed by atoms with van der Waals surface area (Å²) < 4.78 is 5.52. The second-order valence-electron chi connectivity index (χ2n) is 5.22. The lowest BCUT2D eigenvalue weighted by Gasteiger charge is -2.45. The van der Waals surface area contributed by atoms with Gasteiger partial charge in [-0.05, 0) is 40.4 Å². The zero-order valence-corrected chi connectivity index (χ0v) is 11.5. The molecular weight excluding hydrogens is 200 g/mol. The zero-order chi connectivity index (χ0) is 12.2. The average molecular weight is 228 g/mol. The molecule has 2 unspecified atom stereocenters. The standard InChI is InChI=1S/C13H28N2O/c1-6-15(7-2)13(3,4)12(14-5)11-8-9-16-10-11/h11-12,14H,6-10H2,1-5H3. The second-order valence-corrected chi connectivity index (χ2v) is 5.22. The molecule has 1 fully saturated rings. The molecule has 16 heavy (non-hydrogen) atoms. The Hall–Kier alpha value is -0.120. The number of nitrogens with zero attached hydrogens (tertiary/aromatic N) is 1. The van der Waals surface area contributed by atoms with E-state index in [0.29, 0.717) is 12.0 Å². The lowest BCUT2D eigenvalue weighted by Crippen LogP contribution is -2.60. The molecule has 0 bridgehead atoms. The predicted octanol–water partition coefficient (Wildman–Crippen LogP) is 1.73. The van der Waals surface area contributed by atoms with E-state index in [1.807, 2.05) is 0 Å². The summed E-state index contributed by atoms with van der Waals surface area (Å²) in [5, 5.41) is 3.51. The molecule has 0 aromatic rings. The first-order valence-corrected chi connectivity index (χ1v) is 6.57. The largest absolute Gasteiger partial charge is 0.381 e. The van der Waals surface area contributed by atoms with Gasteiger partial charge in [0.2, 0.25) is 0 Å². The molecule has 0 aromatic heterocycles. The van der Waals surface area contributed by atoms with Crippen molar-refractivity contribution in [3.8, 4) is 0 Å². The minimum Gasteiger partial charge on any atom is -0.381 e. The van der Waals surface area contributed by atoms with E-state index in [0.717, 1.165) is 26.3 Å². The molecule has 3 nitrogen and oxygen atoms in total. The summed E-state index contributed by atoms with van der Waals surface area (Å²) in [6.07, 6.45) is 1.19. The number of hydrogen-bond acceptors (Lipinski definition) is 3. The first-order chi connectivity index (χ1) is 7.57. The van der Waals surface area contributed by atoms with Crippen molar-refractivity contribution < 1.29 is 4.74 Å². The molecule has 0 saturated carbocycles. The van der Waals surface area contributed by atoms with Gasteiger partial charge in [0.05, 0.1) is 6.61 Å². The van der Waals surface area contributed by atoms with Crippen molar-refractivity contribution in [3.05, 3.63) is 0 Å². The van der Waals surface area contributed by atoms with Crippen LogP contribution in [0.25, 0.3) is 0 Å². The Labute approximate surface area is 101 Å². The minimum absolute atomic E-state index is 0.191. The highest BCUT2D eigenvalue weighted by atomic mass is 16.5. The molecule has 96 valence electrons. The molecular formula is C13H28N2O. The smallest absolute Gasteiger partial charge is 0.0510 e. The van der Waals surface area contributed by atoms with Gasteiger partial charge in [0, 0.05) is 24.1 Å². The van der Waals surface area contributed by atoms with Gasteiger partial charge >= 0.3 is 0 Å². The van der Waals surface area contributed by atoms with Crippen molar-refractivity contribution in [1.82, 2.24) is 10.2 Å². The molecule has 0 amide bonds. The number of likely N-dealkylation sites (N-methyl/N-ethyl adjacent to an activating group) is 2. The van der Waals surface area contributed by atoms with Crippen LogP contribution < -0.4 is 5.32 Å². The summed E-state index contributed by atoms with van der Waals surface area (Å²) in [5.74, 6) is 0.653. The van der Waals surface area contributed by atoms with Crippen LogP contribution >= 0.6 is 0 Å². The summed E-state index contributed by atoms with van der Waals surface area (Å²) in [6.45, 7) is 13.2. The van der Waals surface area contributed by atoms with Crippen molar-refractivity contribution in [1.29, 1.82) is 0 Å². The van der Waals surface area contributed by atoms with E-state index in [1.54, 1.807) is 0 Å². The Kier molecular flexibility index (Phi) is 5.22. The van der Waals surface area contributed by atoms with Crippen LogP contribution in [0.15, 0.2) is 0 Å². The topological polar surface area (TPSA) is 24.5 Å². The van der Waals surface area contributed by atoms with E-state index in [9.17, 15) is 0 Å². The highest BCUT2D eigenvalue weighted by Gasteiger charge is 2.39. The monoisotopic (exact) mass is 228 g/mol. The molecule has 1 N–H and O–H groups in total. The van der Waals surface area contributed by atoms with Gasteiger partial charge in [-0.1, -0.05) is 13.8 Å². The molecule has 1 saturated heterocycles. The fourth-order valence-electron chi connectivity index (χ4n) is 3.22. The number of hydrogen-bond donors (Lipinski definition) is 1.